The van der Waals surface area contributed by atoms with Gasteiger partial charge in [0.05, 0.1) is 27.8 Å². The summed E-state index contributed by atoms with van der Waals surface area (Å²) in [6.45, 7) is 0. The molecule has 0 saturated carbocycles. The van der Waals surface area contributed by atoms with Crippen LogP contribution in [0, 0.1) is 11.3 Å². The Morgan fingerprint density at radius 3 is 2.47 bits per heavy atom. The Morgan fingerprint density at radius 2 is 1.73 bits per heavy atom. The monoisotopic (exact) mass is 415 g/mol. The molecule has 0 fully saturated rings. The van der Waals surface area contributed by atoms with Crippen LogP contribution in [0.1, 0.15) is 27.7 Å². The van der Waals surface area contributed by atoms with E-state index < -0.39 is 21.5 Å². The van der Waals surface area contributed by atoms with Crippen LogP contribution < -0.4 is 0 Å². The van der Waals surface area contributed by atoms with Gasteiger partial charge in [0.1, 0.15) is 5.82 Å². The Balaban J connectivity index is 1.62. The quantitative estimate of drug-likeness (QED) is 0.479. The number of fused-ring (bicyclic) bond motifs is 1. The second-order valence-corrected chi connectivity index (χ2v) is 8.83. The number of aromatic amines is 1. The normalized spacial score (nSPS) is 12.4. The molecule has 6 nitrogen and oxygen atoms in total. The van der Waals surface area contributed by atoms with Crippen LogP contribution in [-0.4, -0.2) is 24.2 Å². The van der Waals surface area contributed by atoms with Crippen molar-refractivity contribution in [1.82, 2.24) is 9.97 Å². The van der Waals surface area contributed by atoms with E-state index in [-0.39, 0.29) is 22.0 Å². The van der Waals surface area contributed by atoms with Gasteiger partial charge in [-0.1, -0.05) is 48.5 Å². The van der Waals surface area contributed by atoms with Gasteiger partial charge in [0.25, 0.3) is 0 Å². The van der Waals surface area contributed by atoms with Crippen LogP contribution in [0.3, 0.4) is 0 Å². The molecule has 0 radical (unpaired) electrons. The van der Waals surface area contributed by atoms with Gasteiger partial charge < -0.3 is 4.98 Å². The number of Topliss-reactive ketones (excluding diaryl/α,β-unsaturated/α-hetero) is 1. The number of aromatic nitrogens is 2. The number of ketones is 1. The Labute approximate surface area is 173 Å². The van der Waals surface area contributed by atoms with Crippen LogP contribution in [0.2, 0.25) is 0 Å². The van der Waals surface area contributed by atoms with Gasteiger partial charge >= 0.3 is 0 Å². The number of rotatable bonds is 6. The van der Waals surface area contributed by atoms with Crippen molar-refractivity contribution in [1.29, 1.82) is 5.26 Å². The van der Waals surface area contributed by atoms with E-state index in [9.17, 15) is 18.5 Å². The van der Waals surface area contributed by atoms with Crippen molar-refractivity contribution in [3.63, 3.8) is 0 Å². The first kappa shape index (κ1) is 19.6. The minimum atomic E-state index is -3.55. The standard InChI is InChI=1S/C23H17N3O3S/c24-14-19(23-25-20-11-4-5-12-21(20)26-23)22(27)17-8-6-7-16(13-17)15-30(28,29)18-9-2-1-3-10-18/h1-13,19H,15H2,(H,25,26). The van der Waals surface area contributed by atoms with Gasteiger partial charge in [-0.05, 0) is 35.9 Å². The zero-order valence-electron chi connectivity index (χ0n) is 15.8. The first-order valence-electron chi connectivity index (χ1n) is 9.23. The van der Waals surface area contributed by atoms with Gasteiger partial charge in [-0.25, -0.2) is 13.4 Å². The number of hydrogen-bond donors (Lipinski definition) is 1. The number of para-hydroxylation sites is 2. The summed E-state index contributed by atoms with van der Waals surface area (Å²) in [4.78, 5) is 20.6. The fraction of sp³-hybridized carbons (Fsp3) is 0.0870. The van der Waals surface area contributed by atoms with Gasteiger partial charge in [-0.3, -0.25) is 4.79 Å². The SMILES string of the molecule is N#CC(C(=O)c1cccc(CS(=O)(=O)c2ccccc2)c1)c1nc2ccccc2[nH]1. The van der Waals surface area contributed by atoms with E-state index in [2.05, 4.69) is 9.97 Å². The van der Waals surface area contributed by atoms with E-state index in [1.165, 1.54) is 18.2 Å². The second kappa shape index (κ2) is 7.93. The summed E-state index contributed by atoms with van der Waals surface area (Å²) < 4.78 is 25.3. The number of nitrogens with one attached hydrogen (secondary N) is 1. The highest BCUT2D eigenvalue weighted by atomic mass is 32.2. The van der Waals surface area contributed by atoms with Crippen LogP contribution in [0.4, 0.5) is 0 Å². The number of nitriles is 1. The van der Waals surface area contributed by atoms with Crippen LogP contribution in [0.15, 0.2) is 83.8 Å². The molecule has 30 heavy (non-hydrogen) atoms. The fourth-order valence-electron chi connectivity index (χ4n) is 3.26. The third-order valence-electron chi connectivity index (χ3n) is 4.74. The maximum Gasteiger partial charge on any atom is 0.187 e. The van der Waals surface area contributed by atoms with Gasteiger partial charge in [-0.2, -0.15) is 5.26 Å². The maximum absolute atomic E-state index is 13.0. The molecule has 7 heteroatoms. The molecule has 0 amide bonds. The number of hydrogen-bond acceptors (Lipinski definition) is 5. The minimum Gasteiger partial charge on any atom is -0.340 e. The molecule has 0 aliphatic carbocycles. The topological polar surface area (TPSA) is 104 Å². The lowest BCUT2D eigenvalue weighted by Gasteiger charge is -2.09. The number of imidazole rings is 1. The van der Waals surface area contributed by atoms with Gasteiger partial charge in [0, 0.05) is 5.56 Å². The van der Waals surface area contributed by atoms with Gasteiger partial charge in [-0.15, -0.1) is 0 Å². The van der Waals surface area contributed by atoms with Crippen molar-refractivity contribution < 1.29 is 13.2 Å². The largest absolute Gasteiger partial charge is 0.340 e. The van der Waals surface area contributed by atoms with Crippen LogP contribution >= 0.6 is 0 Å². The maximum atomic E-state index is 13.0. The first-order valence-corrected chi connectivity index (χ1v) is 10.9. The first-order chi connectivity index (χ1) is 14.5. The summed E-state index contributed by atoms with van der Waals surface area (Å²) >= 11 is 0. The second-order valence-electron chi connectivity index (χ2n) is 6.84. The van der Waals surface area contributed by atoms with E-state index in [0.29, 0.717) is 11.1 Å². The van der Waals surface area contributed by atoms with E-state index in [1.54, 1.807) is 42.5 Å². The van der Waals surface area contributed by atoms with Crippen molar-refractivity contribution in [3.05, 3.63) is 95.8 Å². The smallest absolute Gasteiger partial charge is 0.187 e. The number of sulfone groups is 1. The van der Waals surface area contributed by atoms with Crippen molar-refractivity contribution in [2.45, 2.75) is 16.6 Å². The lowest BCUT2D eigenvalue weighted by atomic mass is 9.97. The Morgan fingerprint density at radius 1 is 1.00 bits per heavy atom. The highest BCUT2D eigenvalue weighted by Crippen LogP contribution is 2.23. The number of nitrogens with zero attached hydrogens (tertiary/aromatic N) is 2. The predicted octanol–water partition coefficient (Wildman–Crippen LogP) is 4.03. The molecular weight excluding hydrogens is 398 g/mol. The molecule has 4 rings (SSSR count). The van der Waals surface area contributed by atoms with E-state index in [1.807, 2.05) is 24.3 Å². The van der Waals surface area contributed by atoms with E-state index in [0.717, 1.165) is 5.52 Å². The molecule has 3 aromatic carbocycles. The molecule has 1 N–H and O–H groups in total. The Bertz CT molecular complexity index is 1340. The highest BCUT2D eigenvalue weighted by molar-refractivity contribution is 7.90. The van der Waals surface area contributed by atoms with Crippen molar-refractivity contribution >= 4 is 26.7 Å². The molecule has 4 aromatic rings. The van der Waals surface area contributed by atoms with Crippen molar-refractivity contribution in [2.75, 3.05) is 0 Å². The summed E-state index contributed by atoms with van der Waals surface area (Å²) in [6.07, 6.45) is 0. The fourth-order valence-corrected chi connectivity index (χ4v) is 4.62. The van der Waals surface area contributed by atoms with Gasteiger partial charge in [0.15, 0.2) is 21.5 Å². The average molecular weight is 415 g/mol. The molecule has 1 aromatic heterocycles. The van der Waals surface area contributed by atoms with Crippen LogP contribution in [-0.2, 0) is 15.6 Å². The van der Waals surface area contributed by atoms with Gasteiger partial charge in [0.2, 0.25) is 0 Å². The minimum absolute atomic E-state index is 0.221. The van der Waals surface area contributed by atoms with E-state index >= 15 is 0 Å². The molecular formula is C23H17N3O3S. The number of carbonyl (C=O) groups excluding carboxylic acids is 1. The zero-order chi connectivity index (χ0) is 21.1. The number of benzene rings is 3. The average Bonchev–Trinajstić information content (AvgIpc) is 3.18. The Kier molecular flexibility index (Phi) is 5.17. The molecule has 148 valence electrons. The molecule has 1 heterocycles. The molecule has 0 aliphatic rings. The number of carbonyl (C=O) groups is 1. The summed E-state index contributed by atoms with van der Waals surface area (Å²) in [6, 6.07) is 23.8. The third kappa shape index (κ3) is 3.86. The summed E-state index contributed by atoms with van der Waals surface area (Å²) in [5, 5.41) is 9.61. The van der Waals surface area contributed by atoms with Crippen molar-refractivity contribution in [2.24, 2.45) is 0 Å². The molecule has 0 saturated heterocycles. The molecule has 1 atom stereocenters. The highest BCUT2D eigenvalue weighted by Gasteiger charge is 2.25. The summed E-state index contributed by atoms with van der Waals surface area (Å²) in [7, 11) is -3.55. The third-order valence-corrected chi connectivity index (χ3v) is 6.45. The molecule has 0 bridgehead atoms. The van der Waals surface area contributed by atoms with Crippen molar-refractivity contribution in [3.8, 4) is 6.07 Å². The van der Waals surface area contributed by atoms with Crippen LogP contribution in [0.5, 0.6) is 0 Å². The summed E-state index contributed by atoms with van der Waals surface area (Å²) in [5.74, 6) is -1.51. The summed E-state index contributed by atoms with van der Waals surface area (Å²) in [5.41, 5.74) is 2.15. The van der Waals surface area contributed by atoms with Crippen LogP contribution in [0.25, 0.3) is 11.0 Å². The number of H-pyrrole nitrogens is 1. The predicted molar refractivity (Wildman–Crippen MR) is 113 cm³/mol. The lowest BCUT2D eigenvalue weighted by molar-refractivity contribution is 0.0976. The molecule has 0 spiro atoms. The Hall–Kier alpha value is -3.76. The molecule has 1 unspecified atom stereocenters. The molecule has 0 aliphatic heterocycles. The zero-order valence-corrected chi connectivity index (χ0v) is 16.6. The van der Waals surface area contributed by atoms with E-state index in [4.69, 9.17) is 0 Å². The lowest BCUT2D eigenvalue weighted by Crippen LogP contribution is -2.13.